The van der Waals surface area contributed by atoms with E-state index in [0.717, 1.165) is 23.1 Å². The quantitative estimate of drug-likeness (QED) is 0.573. The molecule has 2 amide bonds. The number of methoxy groups -OCH3 is 1. The minimum atomic E-state index is -0.428. The summed E-state index contributed by atoms with van der Waals surface area (Å²) in [7, 11) is 1.59. The van der Waals surface area contributed by atoms with Crippen molar-refractivity contribution in [3.05, 3.63) is 48.5 Å². The molecule has 1 fully saturated rings. The fourth-order valence-corrected chi connectivity index (χ4v) is 3.42. The van der Waals surface area contributed by atoms with Gasteiger partial charge in [0.25, 0.3) is 5.22 Å². The lowest BCUT2D eigenvalue weighted by Gasteiger charge is -2.17. The fourth-order valence-electron chi connectivity index (χ4n) is 2.86. The first-order valence-electron chi connectivity index (χ1n) is 9.08. The first-order valence-corrected chi connectivity index (χ1v) is 10.1. The number of carbonyl (C=O) groups excluding carboxylic acids is 2. The third kappa shape index (κ3) is 4.38. The first-order chi connectivity index (χ1) is 14.6. The second-order valence-corrected chi connectivity index (χ2v) is 7.15. The number of nitrogens with zero attached hydrogens (tertiary/aromatic N) is 3. The molecular weight excluding hydrogens is 408 g/mol. The van der Waals surface area contributed by atoms with Crippen LogP contribution < -0.4 is 15.0 Å². The molecule has 4 rings (SSSR count). The number of hydrogen-bond acceptors (Lipinski definition) is 8. The van der Waals surface area contributed by atoms with E-state index < -0.39 is 6.09 Å². The lowest BCUT2D eigenvalue weighted by atomic mass is 10.2. The van der Waals surface area contributed by atoms with E-state index in [1.165, 1.54) is 4.90 Å². The summed E-state index contributed by atoms with van der Waals surface area (Å²) >= 11 is 1.13. The van der Waals surface area contributed by atoms with Gasteiger partial charge in [0.2, 0.25) is 11.8 Å². The van der Waals surface area contributed by atoms with Crippen LogP contribution in [0.1, 0.15) is 0 Å². The SMILES string of the molecule is COc1ccc(-c2nnc(SCC(=O)Nc3ccccc3N3CCOC3=O)o2)cc1. The average Bonchev–Trinajstić information content (AvgIpc) is 3.42. The molecule has 0 spiro atoms. The van der Waals surface area contributed by atoms with E-state index in [1.54, 1.807) is 43.5 Å². The molecule has 1 aromatic heterocycles. The van der Waals surface area contributed by atoms with Crippen LogP contribution in [0.5, 0.6) is 5.75 Å². The summed E-state index contributed by atoms with van der Waals surface area (Å²) in [5.41, 5.74) is 1.88. The summed E-state index contributed by atoms with van der Waals surface area (Å²) in [4.78, 5) is 25.7. The number of thioether (sulfide) groups is 1. The molecule has 0 bridgehead atoms. The Morgan fingerprint density at radius 1 is 1.20 bits per heavy atom. The number of amides is 2. The molecular formula is C20H18N4O5S. The molecule has 9 nitrogen and oxygen atoms in total. The molecule has 30 heavy (non-hydrogen) atoms. The van der Waals surface area contributed by atoms with Gasteiger partial charge < -0.3 is 19.2 Å². The van der Waals surface area contributed by atoms with Crippen LogP contribution in [0, 0.1) is 0 Å². The van der Waals surface area contributed by atoms with Gasteiger partial charge in [-0.15, -0.1) is 10.2 Å². The van der Waals surface area contributed by atoms with Crippen molar-refractivity contribution < 1.29 is 23.5 Å². The number of aromatic nitrogens is 2. The van der Waals surface area contributed by atoms with Crippen LogP contribution in [0.15, 0.2) is 58.2 Å². The van der Waals surface area contributed by atoms with E-state index in [-0.39, 0.29) is 16.9 Å². The molecule has 0 atom stereocenters. The molecule has 0 unspecified atom stereocenters. The predicted molar refractivity (Wildman–Crippen MR) is 111 cm³/mol. The minimum absolute atomic E-state index is 0.0724. The lowest BCUT2D eigenvalue weighted by molar-refractivity contribution is -0.113. The van der Waals surface area contributed by atoms with Crippen LogP contribution in [0.2, 0.25) is 0 Å². The Morgan fingerprint density at radius 3 is 2.73 bits per heavy atom. The van der Waals surface area contributed by atoms with E-state index in [1.807, 2.05) is 12.1 Å². The monoisotopic (exact) mass is 426 g/mol. The smallest absolute Gasteiger partial charge is 0.414 e. The lowest BCUT2D eigenvalue weighted by Crippen LogP contribution is -2.25. The van der Waals surface area contributed by atoms with Gasteiger partial charge in [-0.05, 0) is 36.4 Å². The first kappa shape index (κ1) is 19.8. The van der Waals surface area contributed by atoms with Crippen LogP contribution in [-0.4, -0.2) is 48.2 Å². The average molecular weight is 426 g/mol. The Bertz CT molecular complexity index is 1050. The number of benzene rings is 2. The number of rotatable bonds is 7. The molecule has 0 radical (unpaired) electrons. The van der Waals surface area contributed by atoms with Gasteiger partial charge in [-0.3, -0.25) is 9.69 Å². The molecule has 2 heterocycles. The standard InChI is InChI=1S/C20H18N4O5S/c1-27-14-8-6-13(7-9-14)18-22-23-19(29-18)30-12-17(25)21-15-4-2-3-5-16(15)24-10-11-28-20(24)26/h2-9H,10-12H2,1H3,(H,21,25). The Kier molecular flexibility index (Phi) is 5.84. The van der Waals surface area contributed by atoms with Crippen LogP contribution in [0.25, 0.3) is 11.5 Å². The number of nitrogens with one attached hydrogen (secondary N) is 1. The van der Waals surface area contributed by atoms with Crippen LogP contribution >= 0.6 is 11.8 Å². The summed E-state index contributed by atoms with van der Waals surface area (Å²) in [6.45, 7) is 0.765. The number of hydrogen-bond donors (Lipinski definition) is 1. The highest BCUT2D eigenvalue weighted by atomic mass is 32.2. The fraction of sp³-hybridized carbons (Fsp3) is 0.200. The van der Waals surface area contributed by atoms with E-state index in [9.17, 15) is 9.59 Å². The zero-order chi connectivity index (χ0) is 20.9. The van der Waals surface area contributed by atoms with Crippen molar-refractivity contribution >= 4 is 35.1 Å². The highest BCUT2D eigenvalue weighted by Gasteiger charge is 2.26. The van der Waals surface area contributed by atoms with E-state index in [2.05, 4.69) is 15.5 Å². The van der Waals surface area contributed by atoms with Crippen molar-refractivity contribution in [2.75, 3.05) is 36.2 Å². The molecule has 1 saturated heterocycles. The van der Waals surface area contributed by atoms with Gasteiger partial charge in [0.1, 0.15) is 12.4 Å². The Labute approximate surface area is 176 Å². The summed E-state index contributed by atoms with van der Waals surface area (Å²) in [6.07, 6.45) is -0.428. The largest absolute Gasteiger partial charge is 0.497 e. The Morgan fingerprint density at radius 2 is 2.00 bits per heavy atom. The Hall–Kier alpha value is -3.53. The summed E-state index contributed by atoms with van der Waals surface area (Å²) in [5, 5.41) is 11.1. The van der Waals surface area contributed by atoms with Gasteiger partial charge in [-0.1, -0.05) is 23.9 Å². The van der Waals surface area contributed by atoms with Gasteiger partial charge in [-0.25, -0.2) is 4.79 Å². The van der Waals surface area contributed by atoms with Gasteiger partial charge in [-0.2, -0.15) is 0 Å². The zero-order valence-corrected chi connectivity index (χ0v) is 16.8. The second kappa shape index (κ2) is 8.87. The number of ether oxygens (including phenoxy) is 2. The number of carbonyl (C=O) groups is 2. The Balaban J connectivity index is 1.37. The normalized spacial score (nSPS) is 13.2. The molecule has 154 valence electrons. The van der Waals surface area contributed by atoms with E-state index >= 15 is 0 Å². The topological polar surface area (TPSA) is 107 Å². The number of para-hydroxylation sites is 2. The van der Waals surface area contributed by atoms with Crippen molar-refractivity contribution in [3.8, 4) is 17.2 Å². The summed E-state index contributed by atoms with van der Waals surface area (Å²) < 4.78 is 15.7. The molecule has 10 heteroatoms. The predicted octanol–water partition coefficient (Wildman–Crippen LogP) is 3.43. The third-order valence-electron chi connectivity index (χ3n) is 4.30. The molecule has 2 aromatic carbocycles. The molecule has 1 aliphatic heterocycles. The van der Waals surface area contributed by atoms with E-state index in [0.29, 0.717) is 30.4 Å². The van der Waals surface area contributed by atoms with Gasteiger partial charge in [0, 0.05) is 5.56 Å². The van der Waals surface area contributed by atoms with Crippen molar-refractivity contribution in [1.82, 2.24) is 10.2 Å². The number of cyclic esters (lactones) is 1. The van der Waals surface area contributed by atoms with Crippen LogP contribution in [-0.2, 0) is 9.53 Å². The second-order valence-electron chi connectivity index (χ2n) is 6.22. The molecule has 0 aliphatic carbocycles. The summed E-state index contributed by atoms with van der Waals surface area (Å²) in [6, 6.07) is 14.3. The highest BCUT2D eigenvalue weighted by molar-refractivity contribution is 7.99. The molecule has 1 aliphatic rings. The van der Waals surface area contributed by atoms with Crippen LogP contribution in [0.4, 0.5) is 16.2 Å². The van der Waals surface area contributed by atoms with Crippen LogP contribution in [0.3, 0.4) is 0 Å². The molecule has 1 N–H and O–H groups in total. The van der Waals surface area contributed by atoms with Crippen molar-refractivity contribution in [2.24, 2.45) is 0 Å². The maximum Gasteiger partial charge on any atom is 0.414 e. The molecule has 3 aromatic rings. The number of anilines is 2. The van der Waals surface area contributed by atoms with Gasteiger partial charge in [0.15, 0.2) is 0 Å². The van der Waals surface area contributed by atoms with Gasteiger partial charge >= 0.3 is 6.09 Å². The van der Waals surface area contributed by atoms with Crippen molar-refractivity contribution in [2.45, 2.75) is 5.22 Å². The zero-order valence-electron chi connectivity index (χ0n) is 16.0. The van der Waals surface area contributed by atoms with Crippen molar-refractivity contribution in [1.29, 1.82) is 0 Å². The summed E-state index contributed by atoms with van der Waals surface area (Å²) in [5.74, 6) is 0.901. The minimum Gasteiger partial charge on any atom is -0.497 e. The van der Waals surface area contributed by atoms with Crippen molar-refractivity contribution in [3.63, 3.8) is 0 Å². The molecule has 0 saturated carbocycles. The highest BCUT2D eigenvalue weighted by Crippen LogP contribution is 2.29. The maximum atomic E-state index is 12.4. The maximum absolute atomic E-state index is 12.4. The third-order valence-corrected chi connectivity index (χ3v) is 5.12. The van der Waals surface area contributed by atoms with E-state index in [4.69, 9.17) is 13.9 Å². The van der Waals surface area contributed by atoms with Gasteiger partial charge in [0.05, 0.1) is 30.8 Å².